The molecule has 2 aromatic rings. The summed E-state index contributed by atoms with van der Waals surface area (Å²) in [7, 11) is 0. The van der Waals surface area contributed by atoms with Gasteiger partial charge in [-0.25, -0.2) is 4.99 Å². The van der Waals surface area contributed by atoms with Gasteiger partial charge in [-0.15, -0.1) is 0 Å². The van der Waals surface area contributed by atoms with E-state index in [-0.39, 0.29) is 6.10 Å². The molecule has 0 aliphatic carbocycles. The molecule has 2 aromatic carbocycles. The van der Waals surface area contributed by atoms with Crippen LogP contribution in [0.15, 0.2) is 47.5 Å². The van der Waals surface area contributed by atoms with Gasteiger partial charge in [-0.05, 0) is 38.1 Å². The number of hydrogen-bond donors (Lipinski definition) is 0. The van der Waals surface area contributed by atoms with Crippen LogP contribution in [-0.2, 0) is 15.2 Å². The van der Waals surface area contributed by atoms with E-state index in [9.17, 15) is 0 Å². The maximum atomic E-state index is 6.59. The molecule has 4 nitrogen and oxygen atoms in total. The van der Waals surface area contributed by atoms with Crippen molar-refractivity contribution in [2.75, 3.05) is 19.7 Å². The molecule has 1 saturated heterocycles. The quantitative estimate of drug-likeness (QED) is 0.723. The van der Waals surface area contributed by atoms with Gasteiger partial charge in [-0.2, -0.15) is 0 Å². The van der Waals surface area contributed by atoms with E-state index < -0.39 is 5.72 Å². The Balaban J connectivity index is 1.96. The molecular formula is C20H20Cl2N2O2. The SMILES string of the molecule is CC(C)OC1=Nc2ccc(Cl)cc2C2(c3ccccc3Cl)OCCN2C1. The number of nitrogens with zero attached hydrogens (tertiary/aromatic N) is 2. The van der Waals surface area contributed by atoms with E-state index >= 15 is 0 Å². The number of benzene rings is 2. The second kappa shape index (κ2) is 6.86. The summed E-state index contributed by atoms with van der Waals surface area (Å²) in [4.78, 5) is 6.99. The molecule has 4 rings (SSSR count). The molecule has 2 aliphatic rings. The van der Waals surface area contributed by atoms with E-state index in [2.05, 4.69) is 4.90 Å². The number of ether oxygens (including phenoxy) is 2. The third-order valence-electron chi connectivity index (χ3n) is 4.62. The van der Waals surface area contributed by atoms with Crippen LogP contribution >= 0.6 is 23.2 Å². The van der Waals surface area contributed by atoms with Gasteiger partial charge in [0.1, 0.15) is 0 Å². The monoisotopic (exact) mass is 390 g/mol. The zero-order chi connectivity index (χ0) is 18.3. The van der Waals surface area contributed by atoms with Gasteiger partial charge in [0.2, 0.25) is 5.90 Å². The largest absolute Gasteiger partial charge is 0.477 e. The molecule has 0 radical (unpaired) electrons. The van der Waals surface area contributed by atoms with Crippen molar-refractivity contribution in [1.82, 2.24) is 4.90 Å². The topological polar surface area (TPSA) is 34.1 Å². The van der Waals surface area contributed by atoms with E-state index in [4.69, 9.17) is 37.7 Å². The number of aliphatic imine (C=N–C) groups is 1. The fourth-order valence-electron chi connectivity index (χ4n) is 3.67. The van der Waals surface area contributed by atoms with Crippen LogP contribution in [0.25, 0.3) is 0 Å². The Bertz CT molecular complexity index is 869. The maximum Gasteiger partial charge on any atom is 0.203 e. The van der Waals surface area contributed by atoms with Crippen LogP contribution < -0.4 is 0 Å². The summed E-state index contributed by atoms with van der Waals surface area (Å²) in [6.07, 6.45) is 0.0424. The van der Waals surface area contributed by atoms with Crippen molar-refractivity contribution in [2.45, 2.75) is 25.7 Å². The zero-order valence-corrected chi connectivity index (χ0v) is 16.2. The molecule has 1 atom stereocenters. The fourth-order valence-corrected chi connectivity index (χ4v) is 4.10. The van der Waals surface area contributed by atoms with Crippen molar-refractivity contribution in [3.05, 3.63) is 63.6 Å². The first-order chi connectivity index (χ1) is 12.5. The molecule has 0 spiro atoms. The van der Waals surface area contributed by atoms with Crippen molar-refractivity contribution in [3.8, 4) is 0 Å². The smallest absolute Gasteiger partial charge is 0.203 e. The summed E-state index contributed by atoms with van der Waals surface area (Å²) < 4.78 is 12.3. The Morgan fingerprint density at radius 2 is 1.96 bits per heavy atom. The first-order valence-electron chi connectivity index (χ1n) is 8.69. The number of fused-ring (bicyclic) bond motifs is 3. The fraction of sp³-hybridized carbons (Fsp3) is 0.350. The highest BCUT2D eigenvalue weighted by molar-refractivity contribution is 6.31. The van der Waals surface area contributed by atoms with Gasteiger partial charge in [0.25, 0.3) is 0 Å². The number of halogens is 2. The standard InChI is InChI=1S/C20H20Cl2N2O2/c1-13(2)26-19-12-24-9-10-25-20(24,15-5-3-4-6-17(15)22)16-11-14(21)7-8-18(16)23-19/h3-8,11,13H,9-10,12H2,1-2H3. The first kappa shape index (κ1) is 17.8. The molecule has 1 fully saturated rings. The minimum absolute atomic E-state index is 0.0424. The van der Waals surface area contributed by atoms with Crippen molar-refractivity contribution < 1.29 is 9.47 Å². The highest BCUT2D eigenvalue weighted by Gasteiger charge is 2.50. The van der Waals surface area contributed by atoms with Gasteiger partial charge >= 0.3 is 0 Å². The van der Waals surface area contributed by atoms with Crippen molar-refractivity contribution in [2.24, 2.45) is 4.99 Å². The Kier molecular flexibility index (Phi) is 4.70. The molecule has 2 heterocycles. The van der Waals surface area contributed by atoms with Gasteiger partial charge in [0.15, 0.2) is 5.72 Å². The third kappa shape index (κ3) is 2.91. The van der Waals surface area contributed by atoms with Crippen molar-refractivity contribution in [3.63, 3.8) is 0 Å². The van der Waals surface area contributed by atoms with Crippen LogP contribution in [0.4, 0.5) is 5.69 Å². The molecule has 136 valence electrons. The Morgan fingerprint density at radius 3 is 2.73 bits per heavy atom. The summed E-state index contributed by atoms with van der Waals surface area (Å²) in [5.74, 6) is 0.669. The molecule has 0 N–H and O–H groups in total. The van der Waals surface area contributed by atoms with Crippen LogP contribution in [0.1, 0.15) is 25.0 Å². The Morgan fingerprint density at radius 1 is 1.15 bits per heavy atom. The van der Waals surface area contributed by atoms with E-state index in [0.717, 1.165) is 23.4 Å². The number of hydrogen-bond acceptors (Lipinski definition) is 4. The first-order valence-corrected chi connectivity index (χ1v) is 9.44. The van der Waals surface area contributed by atoms with Gasteiger partial charge in [0.05, 0.1) is 24.9 Å². The second-order valence-corrected chi connectivity index (χ2v) is 7.57. The van der Waals surface area contributed by atoms with Gasteiger partial charge < -0.3 is 9.47 Å². The van der Waals surface area contributed by atoms with Crippen LogP contribution in [-0.4, -0.2) is 36.6 Å². The lowest BCUT2D eigenvalue weighted by Gasteiger charge is -2.37. The second-order valence-electron chi connectivity index (χ2n) is 6.73. The lowest BCUT2D eigenvalue weighted by molar-refractivity contribution is -0.0462. The minimum Gasteiger partial charge on any atom is -0.477 e. The summed E-state index contributed by atoms with van der Waals surface area (Å²) >= 11 is 12.9. The molecule has 26 heavy (non-hydrogen) atoms. The zero-order valence-electron chi connectivity index (χ0n) is 14.7. The molecule has 0 saturated carbocycles. The summed E-state index contributed by atoms with van der Waals surface area (Å²) in [5.41, 5.74) is 1.74. The van der Waals surface area contributed by atoms with Gasteiger partial charge in [-0.3, -0.25) is 4.90 Å². The normalized spacial score (nSPS) is 22.6. The summed E-state index contributed by atoms with van der Waals surface area (Å²) in [6.45, 7) is 5.87. The van der Waals surface area contributed by atoms with E-state index in [1.54, 1.807) is 0 Å². The van der Waals surface area contributed by atoms with Crippen LogP contribution in [0, 0.1) is 0 Å². The van der Waals surface area contributed by atoms with Gasteiger partial charge in [-0.1, -0.05) is 41.4 Å². The van der Waals surface area contributed by atoms with Crippen molar-refractivity contribution >= 4 is 34.8 Å². The average molecular weight is 391 g/mol. The average Bonchev–Trinajstić information content (AvgIpc) is 2.95. The molecule has 2 aliphatic heterocycles. The predicted octanol–water partition coefficient (Wildman–Crippen LogP) is 5.00. The molecule has 6 heteroatoms. The van der Waals surface area contributed by atoms with Crippen LogP contribution in [0.5, 0.6) is 0 Å². The molecular weight excluding hydrogens is 371 g/mol. The number of rotatable bonds is 2. The highest BCUT2D eigenvalue weighted by Crippen LogP contribution is 2.48. The van der Waals surface area contributed by atoms with E-state index in [1.165, 1.54) is 0 Å². The summed E-state index contributed by atoms with van der Waals surface area (Å²) in [6, 6.07) is 13.4. The van der Waals surface area contributed by atoms with E-state index in [1.807, 2.05) is 56.3 Å². The van der Waals surface area contributed by atoms with Crippen LogP contribution in [0.2, 0.25) is 10.0 Å². The molecule has 1 unspecified atom stereocenters. The maximum absolute atomic E-state index is 6.59. The Hall–Kier alpha value is -1.59. The minimum atomic E-state index is -0.829. The Labute approximate surface area is 163 Å². The summed E-state index contributed by atoms with van der Waals surface area (Å²) in [5, 5.41) is 1.28. The lowest BCUT2D eigenvalue weighted by atomic mass is 9.92. The van der Waals surface area contributed by atoms with Crippen molar-refractivity contribution in [1.29, 1.82) is 0 Å². The predicted molar refractivity (Wildman–Crippen MR) is 105 cm³/mol. The molecule has 0 amide bonds. The highest BCUT2D eigenvalue weighted by atomic mass is 35.5. The molecule has 0 bridgehead atoms. The van der Waals surface area contributed by atoms with Gasteiger partial charge in [0, 0.05) is 27.7 Å². The third-order valence-corrected chi connectivity index (χ3v) is 5.19. The van der Waals surface area contributed by atoms with E-state index in [0.29, 0.717) is 29.1 Å². The van der Waals surface area contributed by atoms with Crippen LogP contribution in [0.3, 0.4) is 0 Å². The molecule has 0 aromatic heterocycles. The lowest BCUT2D eigenvalue weighted by Crippen LogP contribution is -2.45.